The molecule has 0 fully saturated rings. The van der Waals surface area contributed by atoms with E-state index in [0.717, 1.165) is 11.1 Å². The van der Waals surface area contributed by atoms with Crippen molar-refractivity contribution in [3.8, 4) is 11.6 Å². The van der Waals surface area contributed by atoms with Gasteiger partial charge in [-0.1, -0.05) is 24.6 Å². The van der Waals surface area contributed by atoms with E-state index in [-0.39, 0.29) is 11.8 Å². The summed E-state index contributed by atoms with van der Waals surface area (Å²) in [6.45, 7) is 3.78. The molecule has 0 spiro atoms. The quantitative estimate of drug-likeness (QED) is 0.776. The average Bonchev–Trinajstić information content (AvgIpc) is 2.31. The van der Waals surface area contributed by atoms with Crippen molar-refractivity contribution in [3.05, 3.63) is 54.7 Å². The molecule has 6 heteroatoms. The molecule has 19 heavy (non-hydrogen) atoms. The lowest BCUT2D eigenvalue weighted by atomic mass is 9.91. The third-order valence-electron chi connectivity index (χ3n) is 3.35. The lowest BCUT2D eigenvalue weighted by Gasteiger charge is -2.24. The highest BCUT2D eigenvalue weighted by Gasteiger charge is 2.28. The Hall–Kier alpha value is -2.01. The number of H-pyrrole nitrogens is 2. The van der Waals surface area contributed by atoms with Crippen LogP contribution in [0.25, 0.3) is 0 Å². The van der Waals surface area contributed by atoms with E-state index in [2.05, 4.69) is 9.97 Å². The molecule has 0 aliphatic carbocycles. The van der Waals surface area contributed by atoms with Crippen LogP contribution < -0.4 is 16.0 Å². The Morgan fingerprint density at radius 3 is 2.74 bits per heavy atom. The SMILES string of the molecule is Cc1cc2c(cc1Cl)Oc1[nH]c(=O)[nH]c(=O)c1C2C. The van der Waals surface area contributed by atoms with E-state index < -0.39 is 11.2 Å². The zero-order valence-electron chi connectivity index (χ0n) is 10.3. The normalized spacial score (nSPS) is 16.5. The van der Waals surface area contributed by atoms with Gasteiger partial charge in [0.25, 0.3) is 5.56 Å². The third kappa shape index (κ3) is 1.77. The maximum atomic E-state index is 11.9. The van der Waals surface area contributed by atoms with Crippen molar-refractivity contribution in [1.29, 1.82) is 0 Å². The summed E-state index contributed by atoms with van der Waals surface area (Å²) >= 11 is 6.06. The molecule has 1 unspecified atom stereocenters. The van der Waals surface area contributed by atoms with Gasteiger partial charge in [0.1, 0.15) is 5.75 Å². The Bertz CT molecular complexity index is 791. The van der Waals surface area contributed by atoms with Gasteiger partial charge in [-0.25, -0.2) is 4.79 Å². The predicted octanol–water partition coefficient (Wildman–Crippen LogP) is 2.28. The topological polar surface area (TPSA) is 75.0 Å². The Kier molecular flexibility index (Phi) is 2.53. The molecule has 1 atom stereocenters. The van der Waals surface area contributed by atoms with E-state index in [9.17, 15) is 9.59 Å². The van der Waals surface area contributed by atoms with Crippen LogP contribution in [0, 0.1) is 6.92 Å². The summed E-state index contributed by atoms with van der Waals surface area (Å²) in [5, 5.41) is 0.585. The number of fused-ring (bicyclic) bond motifs is 2. The van der Waals surface area contributed by atoms with Crippen LogP contribution in [-0.2, 0) is 0 Å². The third-order valence-corrected chi connectivity index (χ3v) is 3.75. The molecule has 5 nitrogen and oxygen atoms in total. The van der Waals surface area contributed by atoms with Crippen molar-refractivity contribution in [3.63, 3.8) is 0 Å². The molecule has 3 rings (SSSR count). The van der Waals surface area contributed by atoms with E-state index in [1.807, 2.05) is 19.9 Å². The van der Waals surface area contributed by atoms with E-state index in [1.165, 1.54) is 0 Å². The zero-order chi connectivity index (χ0) is 13.7. The van der Waals surface area contributed by atoms with E-state index in [4.69, 9.17) is 16.3 Å². The molecule has 2 N–H and O–H groups in total. The van der Waals surface area contributed by atoms with Gasteiger partial charge < -0.3 is 4.74 Å². The molecule has 0 amide bonds. The van der Waals surface area contributed by atoms with Gasteiger partial charge in [0, 0.05) is 22.6 Å². The molecular weight excluding hydrogens is 268 g/mol. The fourth-order valence-electron chi connectivity index (χ4n) is 2.33. The van der Waals surface area contributed by atoms with Crippen LogP contribution in [0.4, 0.5) is 0 Å². The van der Waals surface area contributed by atoms with Gasteiger partial charge in [-0.3, -0.25) is 14.8 Å². The predicted molar refractivity (Wildman–Crippen MR) is 71.5 cm³/mol. The van der Waals surface area contributed by atoms with Gasteiger partial charge in [-0.15, -0.1) is 0 Å². The molecule has 0 radical (unpaired) electrons. The molecule has 98 valence electrons. The number of nitrogens with one attached hydrogen (secondary N) is 2. The summed E-state index contributed by atoms with van der Waals surface area (Å²) in [6, 6.07) is 3.60. The van der Waals surface area contributed by atoms with Crippen LogP contribution in [0.1, 0.15) is 29.5 Å². The summed E-state index contributed by atoms with van der Waals surface area (Å²) < 4.78 is 5.59. The van der Waals surface area contributed by atoms with E-state index >= 15 is 0 Å². The fraction of sp³-hybridized carbons (Fsp3) is 0.231. The Balaban J connectivity index is 2.28. The molecular formula is C13H11ClN2O3. The van der Waals surface area contributed by atoms with Gasteiger partial charge in [0.15, 0.2) is 0 Å². The molecule has 1 aromatic carbocycles. The van der Waals surface area contributed by atoms with Crippen LogP contribution in [-0.4, -0.2) is 9.97 Å². The molecule has 1 aliphatic rings. The molecule has 0 saturated carbocycles. The van der Waals surface area contributed by atoms with Crippen LogP contribution in [0.3, 0.4) is 0 Å². The first-order valence-corrected chi connectivity index (χ1v) is 6.19. The van der Waals surface area contributed by atoms with Crippen molar-refractivity contribution < 1.29 is 4.74 Å². The van der Waals surface area contributed by atoms with Gasteiger partial charge in [0.05, 0.1) is 5.56 Å². The summed E-state index contributed by atoms with van der Waals surface area (Å²) in [4.78, 5) is 27.9. The molecule has 0 saturated heterocycles. The van der Waals surface area contributed by atoms with E-state index in [1.54, 1.807) is 6.07 Å². The van der Waals surface area contributed by atoms with Crippen molar-refractivity contribution >= 4 is 11.6 Å². The second-order valence-corrected chi connectivity index (χ2v) is 5.02. The minimum Gasteiger partial charge on any atom is -0.440 e. The number of rotatable bonds is 0. The van der Waals surface area contributed by atoms with Gasteiger partial charge in [-0.2, -0.15) is 0 Å². The molecule has 1 aliphatic heterocycles. The fourth-order valence-corrected chi connectivity index (χ4v) is 2.48. The highest BCUT2D eigenvalue weighted by atomic mass is 35.5. The largest absolute Gasteiger partial charge is 0.440 e. The lowest BCUT2D eigenvalue weighted by molar-refractivity contribution is 0.424. The molecule has 2 aromatic rings. The standard InChI is InChI=1S/C13H11ClN2O3/c1-5-3-7-6(2)10-11(17)15-13(18)16-12(10)19-9(7)4-8(5)14/h3-4,6H,1-2H3,(H2,15,16,17,18). The number of aromatic nitrogens is 2. The maximum Gasteiger partial charge on any atom is 0.328 e. The highest BCUT2D eigenvalue weighted by molar-refractivity contribution is 6.31. The first kappa shape index (κ1) is 12.0. The summed E-state index contributed by atoms with van der Waals surface area (Å²) in [5.74, 6) is 0.584. The monoisotopic (exact) mass is 278 g/mol. The molecule has 2 heterocycles. The lowest BCUT2D eigenvalue weighted by Crippen LogP contribution is -2.29. The number of benzene rings is 1. The van der Waals surface area contributed by atoms with Gasteiger partial charge >= 0.3 is 5.69 Å². The van der Waals surface area contributed by atoms with Gasteiger partial charge in [-0.05, 0) is 12.5 Å². The Morgan fingerprint density at radius 2 is 2.00 bits per heavy atom. The minimum atomic E-state index is -0.586. The Labute approximate surface area is 113 Å². The second-order valence-electron chi connectivity index (χ2n) is 4.61. The zero-order valence-corrected chi connectivity index (χ0v) is 11.1. The van der Waals surface area contributed by atoms with Crippen LogP contribution >= 0.6 is 11.6 Å². The maximum absolute atomic E-state index is 11.9. The highest BCUT2D eigenvalue weighted by Crippen LogP contribution is 2.42. The van der Waals surface area contributed by atoms with Crippen molar-refractivity contribution in [2.75, 3.05) is 0 Å². The van der Waals surface area contributed by atoms with Gasteiger partial charge in [0.2, 0.25) is 5.88 Å². The average molecular weight is 279 g/mol. The van der Waals surface area contributed by atoms with Crippen LogP contribution in [0.2, 0.25) is 5.02 Å². The number of hydrogen-bond acceptors (Lipinski definition) is 3. The number of aromatic amines is 2. The summed E-state index contributed by atoms with van der Waals surface area (Å²) in [7, 11) is 0. The van der Waals surface area contributed by atoms with Crippen molar-refractivity contribution in [1.82, 2.24) is 9.97 Å². The van der Waals surface area contributed by atoms with Crippen LogP contribution in [0.5, 0.6) is 11.6 Å². The number of halogens is 1. The smallest absolute Gasteiger partial charge is 0.328 e. The van der Waals surface area contributed by atoms with Crippen molar-refractivity contribution in [2.45, 2.75) is 19.8 Å². The minimum absolute atomic E-state index is 0.171. The van der Waals surface area contributed by atoms with Crippen LogP contribution in [0.15, 0.2) is 21.7 Å². The first-order chi connectivity index (χ1) is 8.97. The number of ether oxygens (including phenoxy) is 1. The molecule has 0 bridgehead atoms. The summed E-state index contributed by atoms with van der Waals surface area (Å²) in [5.41, 5.74) is 1.21. The number of aryl methyl sites for hydroxylation is 1. The molecule has 1 aromatic heterocycles. The second kappa shape index (κ2) is 3.99. The Morgan fingerprint density at radius 1 is 1.26 bits per heavy atom. The van der Waals surface area contributed by atoms with Crippen molar-refractivity contribution in [2.24, 2.45) is 0 Å². The van der Waals surface area contributed by atoms with E-state index in [0.29, 0.717) is 16.3 Å². The number of hydrogen-bond donors (Lipinski definition) is 2. The summed E-state index contributed by atoms with van der Waals surface area (Å²) in [6.07, 6.45) is 0. The first-order valence-electron chi connectivity index (χ1n) is 5.81.